The molecule has 0 aliphatic rings. The third-order valence-electron chi connectivity index (χ3n) is 4.50. The highest BCUT2D eigenvalue weighted by Crippen LogP contribution is 2.19. The van der Waals surface area contributed by atoms with Gasteiger partial charge in [0.25, 0.3) is 0 Å². The van der Waals surface area contributed by atoms with Gasteiger partial charge in [0, 0.05) is 25.0 Å². The lowest BCUT2D eigenvalue weighted by Crippen LogP contribution is -2.20. The second kappa shape index (κ2) is 7.88. The smallest absolute Gasteiger partial charge is 0.244 e. The molecule has 0 aliphatic carbocycles. The van der Waals surface area contributed by atoms with Crippen LogP contribution in [0.25, 0.3) is 22.5 Å². The zero-order valence-corrected chi connectivity index (χ0v) is 15.0. The van der Waals surface area contributed by atoms with Crippen LogP contribution in [0.1, 0.15) is 11.1 Å². The van der Waals surface area contributed by atoms with E-state index in [2.05, 4.69) is 10.3 Å². The van der Waals surface area contributed by atoms with Crippen molar-refractivity contribution in [1.82, 2.24) is 14.9 Å². The van der Waals surface area contributed by atoms with Crippen LogP contribution in [0.5, 0.6) is 0 Å². The fourth-order valence-corrected chi connectivity index (χ4v) is 3.08. The monoisotopic (exact) mass is 371 g/mol. The van der Waals surface area contributed by atoms with Crippen LogP contribution in [0.3, 0.4) is 0 Å². The Balaban J connectivity index is 1.42. The van der Waals surface area contributed by atoms with Crippen molar-refractivity contribution in [2.24, 2.45) is 0 Å². The molecule has 0 radical (unpaired) electrons. The Hall–Kier alpha value is -3.73. The predicted molar refractivity (Wildman–Crippen MR) is 108 cm³/mol. The van der Waals surface area contributed by atoms with Crippen LogP contribution in [-0.2, 0) is 11.3 Å². The van der Waals surface area contributed by atoms with Gasteiger partial charge in [0.1, 0.15) is 5.82 Å². The van der Waals surface area contributed by atoms with Gasteiger partial charge in [0.15, 0.2) is 0 Å². The standard InChI is InChI=1S/C23H18FN3O/c24-21-14-17(8-10-22(21)27-13-12-25-16-27)15-26-23(28)11-9-19-6-3-5-18-4-1-2-7-20(18)19/h1-14,16H,15H2,(H,26,28)/b11-9+. The molecular weight excluding hydrogens is 353 g/mol. The lowest BCUT2D eigenvalue weighted by Gasteiger charge is -2.07. The summed E-state index contributed by atoms with van der Waals surface area (Å²) in [7, 11) is 0. The molecule has 0 saturated heterocycles. The Morgan fingerprint density at radius 1 is 1.11 bits per heavy atom. The number of rotatable bonds is 5. The van der Waals surface area contributed by atoms with Crippen LogP contribution >= 0.6 is 0 Å². The average Bonchev–Trinajstić information content (AvgIpc) is 3.25. The van der Waals surface area contributed by atoms with E-state index < -0.39 is 0 Å². The van der Waals surface area contributed by atoms with Crippen molar-refractivity contribution in [2.75, 3.05) is 0 Å². The van der Waals surface area contributed by atoms with E-state index in [1.165, 1.54) is 18.5 Å². The molecule has 1 amide bonds. The molecule has 1 aromatic heterocycles. The second-order valence-electron chi connectivity index (χ2n) is 6.38. The minimum atomic E-state index is -0.365. The first-order valence-electron chi connectivity index (χ1n) is 8.91. The summed E-state index contributed by atoms with van der Waals surface area (Å²) in [6.45, 7) is 0.250. The van der Waals surface area contributed by atoms with Gasteiger partial charge in [-0.1, -0.05) is 48.5 Å². The van der Waals surface area contributed by atoms with Gasteiger partial charge in [-0.25, -0.2) is 9.37 Å². The Kier molecular flexibility index (Phi) is 4.97. The van der Waals surface area contributed by atoms with Crippen LogP contribution in [0.4, 0.5) is 4.39 Å². The van der Waals surface area contributed by atoms with Crippen molar-refractivity contribution >= 4 is 22.8 Å². The number of halogens is 1. The van der Waals surface area contributed by atoms with Gasteiger partial charge in [0.05, 0.1) is 12.0 Å². The number of nitrogens with zero attached hydrogens (tertiary/aromatic N) is 2. The summed E-state index contributed by atoms with van der Waals surface area (Å²) in [6.07, 6.45) is 8.10. The molecule has 0 fully saturated rings. The van der Waals surface area contributed by atoms with Crippen molar-refractivity contribution in [3.05, 3.63) is 102 Å². The van der Waals surface area contributed by atoms with E-state index in [1.54, 1.807) is 35.2 Å². The van der Waals surface area contributed by atoms with Gasteiger partial charge in [-0.3, -0.25) is 4.79 Å². The first-order valence-corrected chi connectivity index (χ1v) is 8.91. The van der Waals surface area contributed by atoms with Crippen LogP contribution in [0.2, 0.25) is 0 Å². The van der Waals surface area contributed by atoms with Gasteiger partial charge >= 0.3 is 0 Å². The van der Waals surface area contributed by atoms with E-state index in [0.29, 0.717) is 11.3 Å². The molecule has 0 atom stereocenters. The lowest BCUT2D eigenvalue weighted by atomic mass is 10.0. The minimum Gasteiger partial charge on any atom is -0.348 e. The number of nitrogens with one attached hydrogen (secondary N) is 1. The van der Waals surface area contributed by atoms with E-state index in [4.69, 9.17) is 0 Å². The van der Waals surface area contributed by atoms with Crippen molar-refractivity contribution in [1.29, 1.82) is 0 Å². The first kappa shape index (κ1) is 17.7. The molecule has 0 aliphatic heterocycles. The fourth-order valence-electron chi connectivity index (χ4n) is 3.08. The molecule has 0 bridgehead atoms. The summed E-state index contributed by atoms with van der Waals surface area (Å²) in [4.78, 5) is 16.1. The average molecular weight is 371 g/mol. The Labute approximate surface area is 162 Å². The maximum Gasteiger partial charge on any atom is 0.244 e. The van der Waals surface area contributed by atoms with E-state index in [1.807, 2.05) is 42.5 Å². The van der Waals surface area contributed by atoms with Crippen molar-refractivity contribution in [2.45, 2.75) is 6.54 Å². The highest BCUT2D eigenvalue weighted by molar-refractivity contribution is 5.96. The van der Waals surface area contributed by atoms with Gasteiger partial charge < -0.3 is 9.88 Å². The van der Waals surface area contributed by atoms with Crippen LogP contribution in [0, 0.1) is 5.82 Å². The van der Waals surface area contributed by atoms with Crippen LogP contribution < -0.4 is 5.32 Å². The van der Waals surface area contributed by atoms with Crippen LogP contribution in [-0.4, -0.2) is 15.5 Å². The highest BCUT2D eigenvalue weighted by atomic mass is 19.1. The Morgan fingerprint density at radius 2 is 1.96 bits per heavy atom. The number of imidazole rings is 1. The number of amides is 1. The van der Waals surface area contributed by atoms with E-state index in [-0.39, 0.29) is 18.3 Å². The van der Waals surface area contributed by atoms with Gasteiger partial charge in [0.2, 0.25) is 5.91 Å². The Morgan fingerprint density at radius 3 is 2.79 bits per heavy atom. The normalized spacial score (nSPS) is 11.2. The molecule has 4 nitrogen and oxygen atoms in total. The number of carbonyl (C=O) groups excluding carboxylic acids is 1. The first-order chi connectivity index (χ1) is 13.7. The number of carbonyl (C=O) groups is 1. The number of hydrogen-bond donors (Lipinski definition) is 1. The molecule has 138 valence electrons. The van der Waals surface area contributed by atoms with Gasteiger partial charge in [-0.2, -0.15) is 0 Å². The summed E-state index contributed by atoms with van der Waals surface area (Å²) in [5.41, 5.74) is 2.08. The topological polar surface area (TPSA) is 46.9 Å². The summed E-state index contributed by atoms with van der Waals surface area (Å²) in [5.74, 6) is -0.594. The van der Waals surface area contributed by atoms with Crippen molar-refractivity contribution in [3.63, 3.8) is 0 Å². The maximum atomic E-state index is 14.3. The molecule has 5 heteroatoms. The molecule has 1 heterocycles. The van der Waals surface area contributed by atoms with Crippen molar-refractivity contribution < 1.29 is 9.18 Å². The maximum absolute atomic E-state index is 14.3. The molecule has 0 unspecified atom stereocenters. The lowest BCUT2D eigenvalue weighted by molar-refractivity contribution is -0.116. The van der Waals surface area contributed by atoms with Gasteiger partial charge in [-0.05, 0) is 40.1 Å². The zero-order valence-electron chi connectivity index (χ0n) is 15.0. The minimum absolute atomic E-state index is 0.230. The van der Waals surface area contributed by atoms with E-state index in [9.17, 15) is 9.18 Å². The predicted octanol–water partition coefficient (Wildman–Crippen LogP) is 4.49. The molecule has 1 N–H and O–H groups in total. The fraction of sp³-hybridized carbons (Fsp3) is 0.0435. The van der Waals surface area contributed by atoms with Crippen LogP contribution in [0.15, 0.2) is 85.5 Å². The van der Waals surface area contributed by atoms with Gasteiger partial charge in [-0.15, -0.1) is 0 Å². The molecular formula is C23H18FN3O. The molecule has 3 aromatic carbocycles. The molecule has 28 heavy (non-hydrogen) atoms. The summed E-state index contributed by atoms with van der Waals surface area (Å²) < 4.78 is 15.9. The number of benzene rings is 3. The van der Waals surface area contributed by atoms with Crippen molar-refractivity contribution in [3.8, 4) is 5.69 Å². The Bertz CT molecular complexity index is 1140. The van der Waals surface area contributed by atoms with E-state index >= 15 is 0 Å². The highest BCUT2D eigenvalue weighted by Gasteiger charge is 2.06. The third kappa shape index (κ3) is 3.83. The quantitative estimate of drug-likeness (QED) is 0.525. The molecule has 0 saturated carbocycles. The molecule has 0 spiro atoms. The second-order valence-corrected chi connectivity index (χ2v) is 6.38. The molecule has 4 rings (SSSR count). The van der Waals surface area contributed by atoms with E-state index in [0.717, 1.165) is 16.3 Å². The number of fused-ring (bicyclic) bond motifs is 1. The summed E-state index contributed by atoms with van der Waals surface area (Å²) in [6, 6.07) is 18.9. The largest absolute Gasteiger partial charge is 0.348 e. The number of hydrogen-bond acceptors (Lipinski definition) is 2. The zero-order chi connectivity index (χ0) is 19.3. The number of aromatic nitrogens is 2. The molecule has 4 aromatic rings. The summed E-state index contributed by atoms with van der Waals surface area (Å²) in [5, 5.41) is 5.00. The third-order valence-corrected chi connectivity index (χ3v) is 4.50. The SMILES string of the molecule is O=C(/C=C/c1cccc2ccccc12)NCc1ccc(-n2ccnc2)c(F)c1. The summed E-state index contributed by atoms with van der Waals surface area (Å²) >= 11 is 0.